The van der Waals surface area contributed by atoms with Gasteiger partial charge in [0, 0.05) is 6.54 Å². The van der Waals surface area contributed by atoms with Crippen LogP contribution in [0.15, 0.2) is 6.33 Å². The molecule has 0 aliphatic carbocycles. The number of carbonyl (C=O) groups excluding carboxylic acids is 1. The summed E-state index contributed by atoms with van der Waals surface area (Å²) in [5, 5.41) is 9.46. The van der Waals surface area contributed by atoms with Gasteiger partial charge in [0.1, 0.15) is 0 Å². The summed E-state index contributed by atoms with van der Waals surface area (Å²) < 4.78 is 5.94. The number of carbonyl (C=O) groups is 1. The van der Waals surface area contributed by atoms with Gasteiger partial charge in [-0.2, -0.15) is 0 Å². The van der Waals surface area contributed by atoms with E-state index >= 15 is 0 Å². The summed E-state index contributed by atoms with van der Waals surface area (Å²) in [6.45, 7) is 2.60. The molecule has 13 heavy (non-hydrogen) atoms. The van der Waals surface area contributed by atoms with Gasteiger partial charge in [-0.15, -0.1) is 0 Å². The van der Waals surface area contributed by atoms with Crippen LogP contribution in [0.5, 0.6) is 5.88 Å². The van der Waals surface area contributed by atoms with Crippen molar-refractivity contribution >= 4 is 5.97 Å². The maximum Gasteiger partial charge on any atom is 0.362 e. The number of methoxy groups -OCH3 is 1. The van der Waals surface area contributed by atoms with Crippen LogP contribution < -0.4 is 0 Å². The van der Waals surface area contributed by atoms with E-state index in [1.807, 2.05) is 6.92 Å². The van der Waals surface area contributed by atoms with E-state index in [1.165, 1.54) is 18.0 Å². The fraction of sp³-hybridized carbons (Fsp3) is 0.500. The number of hydrogen-bond acceptors (Lipinski definition) is 4. The lowest BCUT2D eigenvalue weighted by molar-refractivity contribution is 0.0590. The molecule has 0 saturated heterocycles. The highest BCUT2D eigenvalue weighted by atomic mass is 16.5. The summed E-state index contributed by atoms with van der Waals surface area (Å²) in [7, 11) is 1.25. The minimum absolute atomic E-state index is 0.0315. The first-order valence-electron chi connectivity index (χ1n) is 4.03. The molecule has 0 fully saturated rings. The van der Waals surface area contributed by atoms with Crippen LogP contribution in [-0.4, -0.2) is 27.7 Å². The highest BCUT2D eigenvalue weighted by molar-refractivity contribution is 5.89. The van der Waals surface area contributed by atoms with Gasteiger partial charge in [0.25, 0.3) is 0 Å². The second-order valence-electron chi connectivity index (χ2n) is 2.60. The number of aromatic hydroxyl groups is 1. The molecule has 0 bridgehead atoms. The van der Waals surface area contributed by atoms with Crippen molar-refractivity contribution in [1.29, 1.82) is 0 Å². The third-order valence-electron chi connectivity index (χ3n) is 1.65. The number of rotatable bonds is 3. The van der Waals surface area contributed by atoms with E-state index in [-0.39, 0.29) is 11.6 Å². The average molecular weight is 184 g/mol. The van der Waals surface area contributed by atoms with Gasteiger partial charge in [-0.05, 0) is 6.42 Å². The first-order valence-corrected chi connectivity index (χ1v) is 4.03. The smallest absolute Gasteiger partial charge is 0.362 e. The number of ether oxygens (including phenoxy) is 1. The van der Waals surface area contributed by atoms with Crippen LogP contribution in [0.25, 0.3) is 0 Å². The SMILES string of the molecule is CCCn1cnc(C(=O)OC)c1O. The van der Waals surface area contributed by atoms with Gasteiger partial charge in [-0.3, -0.25) is 0 Å². The lowest BCUT2D eigenvalue weighted by Crippen LogP contribution is -2.02. The molecule has 0 aromatic carbocycles. The van der Waals surface area contributed by atoms with Gasteiger partial charge in [0.2, 0.25) is 11.6 Å². The van der Waals surface area contributed by atoms with Crippen molar-refractivity contribution in [2.45, 2.75) is 19.9 Å². The summed E-state index contributed by atoms with van der Waals surface area (Å²) in [4.78, 5) is 14.7. The Labute approximate surface area is 76.0 Å². The minimum atomic E-state index is -0.618. The Kier molecular flexibility index (Phi) is 2.89. The Morgan fingerprint density at radius 3 is 3.00 bits per heavy atom. The molecule has 72 valence electrons. The van der Waals surface area contributed by atoms with Gasteiger partial charge in [-0.1, -0.05) is 6.92 Å². The molecular formula is C8H12N2O3. The van der Waals surface area contributed by atoms with Crippen molar-refractivity contribution in [2.24, 2.45) is 0 Å². The lowest BCUT2D eigenvalue weighted by atomic mass is 10.4. The maximum atomic E-state index is 11.0. The monoisotopic (exact) mass is 184 g/mol. The van der Waals surface area contributed by atoms with Crippen molar-refractivity contribution in [1.82, 2.24) is 9.55 Å². The average Bonchev–Trinajstić information content (AvgIpc) is 2.48. The molecular weight excluding hydrogens is 172 g/mol. The van der Waals surface area contributed by atoms with Gasteiger partial charge in [-0.25, -0.2) is 9.78 Å². The molecule has 0 atom stereocenters. The molecule has 0 spiro atoms. The second-order valence-corrected chi connectivity index (χ2v) is 2.60. The summed E-state index contributed by atoms with van der Waals surface area (Å²) in [6.07, 6.45) is 2.29. The van der Waals surface area contributed by atoms with Gasteiger partial charge in [0.05, 0.1) is 13.4 Å². The molecule has 0 aliphatic rings. The quantitative estimate of drug-likeness (QED) is 0.705. The third-order valence-corrected chi connectivity index (χ3v) is 1.65. The molecule has 0 radical (unpaired) electrons. The Bertz CT molecular complexity index is 306. The summed E-state index contributed by atoms with van der Waals surface area (Å²) >= 11 is 0. The Hall–Kier alpha value is -1.52. The first-order chi connectivity index (χ1) is 6.20. The van der Waals surface area contributed by atoms with E-state index in [1.54, 1.807) is 0 Å². The van der Waals surface area contributed by atoms with Crippen molar-refractivity contribution in [3.63, 3.8) is 0 Å². The van der Waals surface area contributed by atoms with Crippen molar-refractivity contribution in [2.75, 3.05) is 7.11 Å². The van der Waals surface area contributed by atoms with Gasteiger partial charge < -0.3 is 14.4 Å². The van der Waals surface area contributed by atoms with Crippen molar-refractivity contribution < 1.29 is 14.6 Å². The van der Waals surface area contributed by atoms with Gasteiger partial charge >= 0.3 is 5.97 Å². The van der Waals surface area contributed by atoms with Crippen molar-refractivity contribution in [3.05, 3.63) is 12.0 Å². The molecule has 0 saturated carbocycles. The predicted octanol–water partition coefficient (Wildman–Crippen LogP) is 0.785. The number of aryl methyl sites for hydroxylation is 1. The van der Waals surface area contributed by atoms with Crippen molar-refractivity contribution in [3.8, 4) is 5.88 Å². The standard InChI is InChI=1S/C8H12N2O3/c1-3-4-10-5-9-6(7(10)11)8(12)13-2/h5,11H,3-4H2,1-2H3. The zero-order valence-corrected chi connectivity index (χ0v) is 7.65. The summed E-state index contributed by atoms with van der Waals surface area (Å²) in [6, 6.07) is 0. The molecule has 0 aliphatic heterocycles. The number of imidazole rings is 1. The Balaban J connectivity index is 2.92. The van der Waals surface area contributed by atoms with E-state index in [0.29, 0.717) is 6.54 Å². The Morgan fingerprint density at radius 2 is 2.46 bits per heavy atom. The fourth-order valence-corrected chi connectivity index (χ4v) is 1.02. The largest absolute Gasteiger partial charge is 0.493 e. The molecule has 5 nitrogen and oxygen atoms in total. The van der Waals surface area contributed by atoms with E-state index in [9.17, 15) is 9.90 Å². The van der Waals surface area contributed by atoms with Crippen LogP contribution in [0.1, 0.15) is 23.8 Å². The summed E-state index contributed by atoms with van der Waals surface area (Å²) in [5.74, 6) is -0.749. The van der Waals surface area contributed by atoms with E-state index < -0.39 is 5.97 Å². The van der Waals surface area contributed by atoms with E-state index in [2.05, 4.69) is 9.72 Å². The van der Waals surface area contributed by atoms with Crippen LogP contribution in [0.2, 0.25) is 0 Å². The number of aromatic nitrogens is 2. The number of hydrogen-bond donors (Lipinski definition) is 1. The topological polar surface area (TPSA) is 64.4 Å². The third kappa shape index (κ3) is 1.80. The molecule has 0 amide bonds. The normalized spacial score (nSPS) is 10.0. The Morgan fingerprint density at radius 1 is 1.77 bits per heavy atom. The van der Waals surface area contributed by atoms with E-state index in [4.69, 9.17) is 0 Å². The zero-order valence-electron chi connectivity index (χ0n) is 7.65. The van der Waals surface area contributed by atoms with Crippen LogP contribution >= 0.6 is 0 Å². The molecule has 1 heterocycles. The lowest BCUT2D eigenvalue weighted by Gasteiger charge is -2.00. The zero-order chi connectivity index (χ0) is 9.84. The number of nitrogens with zero attached hydrogens (tertiary/aromatic N) is 2. The van der Waals surface area contributed by atoms with Crippen LogP contribution in [0.3, 0.4) is 0 Å². The first kappa shape index (κ1) is 9.57. The highest BCUT2D eigenvalue weighted by Crippen LogP contribution is 2.16. The number of esters is 1. The van der Waals surface area contributed by atoms with Gasteiger partial charge in [0.15, 0.2) is 0 Å². The molecule has 1 rings (SSSR count). The molecule has 1 N–H and O–H groups in total. The van der Waals surface area contributed by atoms with Crippen LogP contribution in [0.4, 0.5) is 0 Å². The molecule has 1 aromatic rings. The molecule has 1 aromatic heterocycles. The van der Waals surface area contributed by atoms with Crippen LogP contribution in [0, 0.1) is 0 Å². The predicted molar refractivity (Wildman–Crippen MR) is 45.5 cm³/mol. The summed E-state index contributed by atoms with van der Waals surface area (Å²) in [5.41, 5.74) is -0.0315. The van der Waals surface area contributed by atoms with Crippen LogP contribution in [-0.2, 0) is 11.3 Å². The minimum Gasteiger partial charge on any atom is -0.493 e. The van der Waals surface area contributed by atoms with E-state index in [0.717, 1.165) is 6.42 Å². The highest BCUT2D eigenvalue weighted by Gasteiger charge is 2.17. The fourth-order valence-electron chi connectivity index (χ4n) is 1.02. The maximum absolute atomic E-state index is 11.0. The molecule has 5 heteroatoms. The second kappa shape index (κ2) is 3.93. The molecule has 0 unspecified atom stereocenters.